The highest BCUT2D eigenvalue weighted by Crippen LogP contribution is 2.19. The number of carbonyl (C=O) groups excluding carboxylic acids is 1. The summed E-state index contributed by atoms with van der Waals surface area (Å²) in [6.45, 7) is 4.23. The van der Waals surface area contributed by atoms with E-state index in [1.54, 1.807) is 12.1 Å². The quantitative estimate of drug-likeness (QED) is 0.646. The molecular weight excluding hydrogens is 359 g/mol. The molecule has 0 aliphatic carbocycles. The molecule has 2 aromatic carbocycles. The van der Waals surface area contributed by atoms with Crippen molar-refractivity contribution in [2.24, 2.45) is 0 Å². The van der Waals surface area contributed by atoms with E-state index in [2.05, 4.69) is 20.6 Å². The fourth-order valence-electron chi connectivity index (χ4n) is 2.42. The van der Waals surface area contributed by atoms with Crippen LogP contribution in [0.5, 0.6) is 5.75 Å². The van der Waals surface area contributed by atoms with Crippen molar-refractivity contribution in [1.82, 2.24) is 15.3 Å². The molecule has 0 bridgehead atoms. The zero-order valence-corrected chi connectivity index (χ0v) is 15.6. The van der Waals surface area contributed by atoms with E-state index in [0.717, 1.165) is 17.0 Å². The van der Waals surface area contributed by atoms with Crippen LogP contribution in [0.25, 0.3) is 0 Å². The second-order valence-corrected chi connectivity index (χ2v) is 6.41. The fourth-order valence-corrected chi connectivity index (χ4v) is 2.42. The SMILES string of the molecule is CC(C)Oc1ccc(Nc2cnc(C(=O)NCc3ccc(F)cc3)cn2)cc1. The Kier molecular flexibility index (Phi) is 6.16. The number of aromatic nitrogens is 2. The van der Waals surface area contributed by atoms with Gasteiger partial charge in [0.05, 0.1) is 18.5 Å². The zero-order chi connectivity index (χ0) is 19.9. The molecule has 1 aromatic heterocycles. The van der Waals surface area contributed by atoms with Gasteiger partial charge in [0, 0.05) is 12.2 Å². The van der Waals surface area contributed by atoms with Crippen molar-refractivity contribution < 1.29 is 13.9 Å². The minimum Gasteiger partial charge on any atom is -0.491 e. The van der Waals surface area contributed by atoms with Crippen molar-refractivity contribution in [2.75, 3.05) is 5.32 Å². The van der Waals surface area contributed by atoms with Gasteiger partial charge in [0.25, 0.3) is 5.91 Å². The van der Waals surface area contributed by atoms with E-state index in [-0.39, 0.29) is 30.1 Å². The molecule has 28 heavy (non-hydrogen) atoms. The number of halogens is 1. The van der Waals surface area contributed by atoms with Gasteiger partial charge in [-0.25, -0.2) is 14.4 Å². The third-order valence-corrected chi connectivity index (χ3v) is 3.75. The lowest BCUT2D eigenvalue weighted by atomic mass is 10.2. The first kappa shape index (κ1) is 19.3. The minimum atomic E-state index is -0.349. The summed E-state index contributed by atoms with van der Waals surface area (Å²) in [5.41, 5.74) is 1.83. The molecule has 1 heterocycles. The molecule has 0 unspecified atom stereocenters. The molecule has 0 fully saturated rings. The minimum absolute atomic E-state index is 0.117. The van der Waals surface area contributed by atoms with E-state index in [1.165, 1.54) is 24.5 Å². The maximum atomic E-state index is 12.9. The van der Waals surface area contributed by atoms with Crippen LogP contribution in [0.2, 0.25) is 0 Å². The van der Waals surface area contributed by atoms with Crippen LogP contribution in [-0.2, 0) is 6.54 Å². The molecular formula is C21H21FN4O2. The number of nitrogens with one attached hydrogen (secondary N) is 2. The van der Waals surface area contributed by atoms with Gasteiger partial charge in [-0.3, -0.25) is 4.79 Å². The molecule has 0 saturated heterocycles. The normalized spacial score (nSPS) is 10.6. The molecule has 1 amide bonds. The van der Waals surface area contributed by atoms with Gasteiger partial charge in [0.2, 0.25) is 0 Å². The highest BCUT2D eigenvalue weighted by atomic mass is 19.1. The molecule has 144 valence electrons. The smallest absolute Gasteiger partial charge is 0.271 e. The first-order valence-corrected chi connectivity index (χ1v) is 8.88. The largest absolute Gasteiger partial charge is 0.491 e. The van der Waals surface area contributed by atoms with Crippen molar-refractivity contribution in [3.63, 3.8) is 0 Å². The number of carbonyl (C=O) groups is 1. The second-order valence-electron chi connectivity index (χ2n) is 6.41. The molecule has 6 nitrogen and oxygen atoms in total. The Hall–Kier alpha value is -3.48. The topological polar surface area (TPSA) is 76.1 Å². The number of anilines is 2. The summed E-state index contributed by atoms with van der Waals surface area (Å²) in [6.07, 6.45) is 3.01. The highest BCUT2D eigenvalue weighted by Gasteiger charge is 2.08. The first-order valence-electron chi connectivity index (χ1n) is 8.88. The summed E-state index contributed by atoms with van der Waals surface area (Å²) in [7, 11) is 0. The third-order valence-electron chi connectivity index (χ3n) is 3.75. The van der Waals surface area contributed by atoms with Crippen LogP contribution in [0, 0.1) is 5.82 Å². The third kappa shape index (κ3) is 5.51. The van der Waals surface area contributed by atoms with Crippen LogP contribution < -0.4 is 15.4 Å². The first-order chi connectivity index (χ1) is 13.5. The predicted octanol–water partition coefficient (Wildman–Crippen LogP) is 4.08. The number of amides is 1. The van der Waals surface area contributed by atoms with Gasteiger partial charge in [-0.2, -0.15) is 0 Å². The van der Waals surface area contributed by atoms with Crippen LogP contribution in [0.15, 0.2) is 60.9 Å². The van der Waals surface area contributed by atoms with Crippen molar-refractivity contribution in [2.45, 2.75) is 26.5 Å². The number of nitrogens with zero attached hydrogens (tertiary/aromatic N) is 2. The van der Waals surface area contributed by atoms with E-state index < -0.39 is 0 Å². The Bertz CT molecular complexity index is 911. The number of ether oxygens (including phenoxy) is 1. The van der Waals surface area contributed by atoms with Gasteiger partial charge in [-0.05, 0) is 55.8 Å². The Labute approximate surface area is 162 Å². The average molecular weight is 380 g/mol. The van der Waals surface area contributed by atoms with Crippen molar-refractivity contribution >= 4 is 17.4 Å². The zero-order valence-electron chi connectivity index (χ0n) is 15.6. The number of hydrogen-bond acceptors (Lipinski definition) is 5. The lowest BCUT2D eigenvalue weighted by molar-refractivity contribution is 0.0945. The van der Waals surface area contributed by atoms with Crippen LogP contribution in [0.4, 0.5) is 15.9 Å². The Morgan fingerprint density at radius 3 is 2.36 bits per heavy atom. The summed E-state index contributed by atoms with van der Waals surface area (Å²) in [5, 5.41) is 5.84. The summed E-state index contributed by atoms with van der Waals surface area (Å²) in [5.74, 6) is 0.650. The molecule has 7 heteroatoms. The van der Waals surface area contributed by atoms with Crippen LogP contribution >= 0.6 is 0 Å². The molecule has 0 spiro atoms. The Morgan fingerprint density at radius 1 is 1.04 bits per heavy atom. The lowest BCUT2D eigenvalue weighted by Gasteiger charge is -2.11. The van der Waals surface area contributed by atoms with Gasteiger partial charge < -0.3 is 15.4 Å². The maximum absolute atomic E-state index is 12.9. The molecule has 2 N–H and O–H groups in total. The summed E-state index contributed by atoms with van der Waals surface area (Å²) < 4.78 is 18.5. The average Bonchev–Trinajstić information content (AvgIpc) is 2.69. The molecule has 0 radical (unpaired) electrons. The molecule has 0 atom stereocenters. The highest BCUT2D eigenvalue weighted by molar-refractivity contribution is 5.92. The maximum Gasteiger partial charge on any atom is 0.271 e. The monoisotopic (exact) mass is 380 g/mol. The summed E-state index contributed by atoms with van der Waals surface area (Å²) in [6, 6.07) is 13.4. The van der Waals surface area contributed by atoms with Gasteiger partial charge in [0.1, 0.15) is 23.1 Å². The summed E-state index contributed by atoms with van der Waals surface area (Å²) >= 11 is 0. The van der Waals surface area contributed by atoms with Gasteiger partial charge in [0.15, 0.2) is 0 Å². The number of rotatable bonds is 7. The van der Waals surface area contributed by atoms with Crippen LogP contribution in [0.1, 0.15) is 29.9 Å². The van der Waals surface area contributed by atoms with E-state index in [9.17, 15) is 9.18 Å². The van der Waals surface area contributed by atoms with Crippen molar-refractivity contribution in [3.8, 4) is 5.75 Å². The molecule has 0 saturated carbocycles. The van der Waals surface area contributed by atoms with Gasteiger partial charge in [-0.1, -0.05) is 12.1 Å². The summed E-state index contributed by atoms with van der Waals surface area (Å²) in [4.78, 5) is 20.5. The van der Waals surface area contributed by atoms with E-state index in [0.29, 0.717) is 5.82 Å². The fraction of sp³-hybridized carbons (Fsp3) is 0.190. The van der Waals surface area contributed by atoms with Gasteiger partial charge >= 0.3 is 0 Å². The number of benzene rings is 2. The van der Waals surface area contributed by atoms with Crippen molar-refractivity contribution in [1.29, 1.82) is 0 Å². The molecule has 3 rings (SSSR count). The van der Waals surface area contributed by atoms with Gasteiger partial charge in [-0.15, -0.1) is 0 Å². The predicted molar refractivity (Wildman–Crippen MR) is 105 cm³/mol. The van der Waals surface area contributed by atoms with E-state index in [1.807, 2.05) is 38.1 Å². The standard InChI is InChI=1S/C21H21FN4O2/c1-14(2)28-18-9-7-17(8-10-18)26-20-13-23-19(12-24-20)21(27)25-11-15-3-5-16(22)6-4-15/h3-10,12-14H,11H2,1-2H3,(H,24,26)(H,25,27). The Morgan fingerprint density at radius 2 is 1.75 bits per heavy atom. The van der Waals surface area contributed by atoms with E-state index in [4.69, 9.17) is 4.74 Å². The number of hydrogen-bond donors (Lipinski definition) is 2. The van der Waals surface area contributed by atoms with Crippen LogP contribution in [-0.4, -0.2) is 22.0 Å². The molecule has 3 aromatic rings. The molecule has 0 aliphatic heterocycles. The molecule has 0 aliphatic rings. The van der Waals surface area contributed by atoms with E-state index >= 15 is 0 Å². The lowest BCUT2D eigenvalue weighted by Crippen LogP contribution is -2.24. The Balaban J connectivity index is 1.55. The van der Waals surface area contributed by atoms with Crippen molar-refractivity contribution in [3.05, 3.63) is 78.0 Å². The second kappa shape index (κ2) is 8.94. The van der Waals surface area contributed by atoms with Crippen LogP contribution in [0.3, 0.4) is 0 Å².